The molecule has 0 saturated carbocycles. The zero-order valence-corrected chi connectivity index (χ0v) is 8.71. The first kappa shape index (κ1) is 13.6. The van der Waals surface area contributed by atoms with E-state index in [0.717, 1.165) is 0 Å². The fourth-order valence-corrected chi connectivity index (χ4v) is 0.788. The van der Waals surface area contributed by atoms with Gasteiger partial charge in [-0.1, -0.05) is 11.1 Å². The molecule has 6 heteroatoms. The van der Waals surface area contributed by atoms with Gasteiger partial charge in [0.15, 0.2) is 0 Å². The number of alkyl halides is 2. The third kappa shape index (κ3) is 11.7. The molecule has 0 bridgehead atoms. The second-order valence-electron chi connectivity index (χ2n) is 1.83. The van der Waals surface area contributed by atoms with Crippen molar-refractivity contribution in [3.05, 3.63) is 0 Å². The largest absolute Gasteiger partial charge is 1.00 e. The van der Waals surface area contributed by atoms with Crippen LogP contribution < -0.4 is 29.6 Å². The SMILES string of the molecule is CC(F)(F)CCS(=O)[O-].[Na+]. The molecule has 0 amide bonds. The second kappa shape index (κ2) is 5.60. The molecule has 10 heavy (non-hydrogen) atoms. The van der Waals surface area contributed by atoms with Crippen LogP contribution in [0.2, 0.25) is 0 Å². The van der Waals surface area contributed by atoms with E-state index in [1.54, 1.807) is 0 Å². The Morgan fingerprint density at radius 3 is 2.10 bits per heavy atom. The van der Waals surface area contributed by atoms with E-state index in [2.05, 4.69) is 0 Å². The van der Waals surface area contributed by atoms with Crippen LogP contribution in [0.25, 0.3) is 0 Å². The first-order valence-corrected chi connectivity index (χ1v) is 3.60. The van der Waals surface area contributed by atoms with E-state index in [4.69, 9.17) is 0 Å². The van der Waals surface area contributed by atoms with E-state index in [-0.39, 0.29) is 29.6 Å². The zero-order chi connectivity index (χ0) is 7.49. The molecule has 0 heterocycles. The average molecular weight is 180 g/mol. The van der Waals surface area contributed by atoms with Gasteiger partial charge >= 0.3 is 29.6 Å². The van der Waals surface area contributed by atoms with Gasteiger partial charge in [0.2, 0.25) is 5.92 Å². The second-order valence-corrected chi connectivity index (χ2v) is 2.84. The fraction of sp³-hybridized carbons (Fsp3) is 1.00. The van der Waals surface area contributed by atoms with Crippen molar-refractivity contribution < 1.29 is 47.1 Å². The maximum Gasteiger partial charge on any atom is 1.00 e. The molecule has 0 aromatic heterocycles. The first-order valence-electron chi connectivity index (χ1n) is 2.35. The molecule has 0 aromatic carbocycles. The predicted molar refractivity (Wildman–Crippen MR) is 29.0 cm³/mol. The Hall–Kier alpha value is 0.970. The number of hydrogen-bond acceptors (Lipinski definition) is 2. The summed E-state index contributed by atoms with van der Waals surface area (Å²) >= 11 is -2.34. The van der Waals surface area contributed by atoms with Crippen LogP contribution >= 0.6 is 0 Å². The molecule has 0 aliphatic rings. The fourth-order valence-electron chi connectivity index (χ4n) is 0.263. The van der Waals surface area contributed by atoms with Gasteiger partial charge in [0.25, 0.3) is 0 Å². The summed E-state index contributed by atoms with van der Waals surface area (Å²) in [5.41, 5.74) is 0. The zero-order valence-electron chi connectivity index (χ0n) is 5.89. The van der Waals surface area contributed by atoms with Gasteiger partial charge in [-0.05, 0) is 6.92 Å². The minimum Gasteiger partial charge on any atom is -0.772 e. The Labute approximate surface area is 83.0 Å². The molecule has 0 spiro atoms. The van der Waals surface area contributed by atoms with E-state index >= 15 is 0 Å². The standard InChI is InChI=1S/C4H8F2O2S.Na/c1-4(5,6)2-3-9(7)8;/h2-3H2,1H3,(H,7,8);/q;+1/p-1. The number of hydrogen-bond donors (Lipinski definition) is 0. The van der Waals surface area contributed by atoms with Crippen LogP contribution in [0.4, 0.5) is 8.78 Å². The minimum absolute atomic E-state index is 0. The van der Waals surface area contributed by atoms with Crippen LogP contribution in [0.3, 0.4) is 0 Å². The normalized spacial score (nSPS) is 14.0. The Morgan fingerprint density at radius 2 is 2.00 bits per heavy atom. The molecule has 0 aliphatic carbocycles. The molecule has 56 valence electrons. The van der Waals surface area contributed by atoms with Gasteiger partial charge in [-0.25, -0.2) is 8.78 Å². The summed E-state index contributed by atoms with van der Waals surface area (Å²) in [7, 11) is 0. The topological polar surface area (TPSA) is 40.1 Å². The van der Waals surface area contributed by atoms with E-state index in [1.165, 1.54) is 0 Å². The van der Waals surface area contributed by atoms with E-state index in [1.807, 2.05) is 0 Å². The van der Waals surface area contributed by atoms with Gasteiger partial charge in [-0.15, -0.1) is 0 Å². The number of halogens is 2. The molecule has 0 saturated heterocycles. The molecule has 1 unspecified atom stereocenters. The summed E-state index contributed by atoms with van der Waals surface area (Å²) < 4.78 is 43.0. The summed E-state index contributed by atoms with van der Waals surface area (Å²) in [5, 5.41) is 0. The molecule has 0 N–H and O–H groups in total. The van der Waals surface area contributed by atoms with Crippen molar-refractivity contribution in [2.75, 3.05) is 5.75 Å². The Morgan fingerprint density at radius 1 is 1.60 bits per heavy atom. The molecule has 0 rings (SSSR count). The third-order valence-electron chi connectivity index (χ3n) is 0.708. The van der Waals surface area contributed by atoms with Crippen molar-refractivity contribution in [2.45, 2.75) is 19.3 Å². The van der Waals surface area contributed by atoms with Crippen LogP contribution in [0, 0.1) is 0 Å². The van der Waals surface area contributed by atoms with Crippen molar-refractivity contribution in [2.24, 2.45) is 0 Å². The van der Waals surface area contributed by atoms with Crippen LogP contribution in [0.1, 0.15) is 13.3 Å². The van der Waals surface area contributed by atoms with E-state index in [0.29, 0.717) is 6.92 Å². The van der Waals surface area contributed by atoms with Crippen LogP contribution in [0.5, 0.6) is 0 Å². The van der Waals surface area contributed by atoms with Crippen LogP contribution in [0.15, 0.2) is 0 Å². The monoisotopic (exact) mass is 180 g/mol. The molecule has 1 atom stereocenters. The molecular weight excluding hydrogens is 173 g/mol. The average Bonchev–Trinajstić information content (AvgIpc) is 1.59. The quantitative estimate of drug-likeness (QED) is 0.369. The Bertz CT molecular complexity index is 114. The van der Waals surface area contributed by atoms with Gasteiger partial charge in [-0.2, -0.15) is 0 Å². The van der Waals surface area contributed by atoms with Gasteiger partial charge in [-0.3, -0.25) is 4.21 Å². The molecule has 0 aliphatic heterocycles. The summed E-state index contributed by atoms with van der Waals surface area (Å²) in [6.07, 6.45) is -0.594. The molecule has 0 aromatic rings. The molecule has 2 nitrogen and oxygen atoms in total. The summed E-state index contributed by atoms with van der Waals surface area (Å²) in [4.78, 5) is 0. The molecular formula is C4H7F2NaO2S. The maximum atomic E-state index is 11.8. The molecule has 0 radical (unpaired) electrons. The van der Waals surface area contributed by atoms with Crippen molar-refractivity contribution in [1.29, 1.82) is 0 Å². The van der Waals surface area contributed by atoms with Crippen molar-refractivity contribution >= 4 is 11.1 Å². The summed E-state index contributed by atoms with van der Waals surface area (Å²) in [5.74, 6) is -3.33. The van der Waals surface area contributed by atoms with E-state index < -0.39 is 29.2 Å². The smallest absolute Gasteiger partial charge is 0.772 e. The Kier molecular flexibility index (Phi) is 7.59. The van der Waals surface area contributed by atoms with Gasteiger partial charge in [0.05, 0.1) is 0 Å². The van der Waals surface area contributed by atoms with E-state index in [9.17, 15) is 17.5 Å². The summed E-state index contributed by atoms with van der Waals surface area (Å²) in [6.45, 7) is 0.694. The van der Waals surface area contributed by atoms with Gasteiger partial charge in [0, 0.05) is 12.2 Å². The predicted octanol–water partition coefficient (Wildman–Crippen LogP) is -2.09. The maximum absolute atomic E-state index is 11.8. The van der Waals surface area contributed by atoms with Crippen molar-refractivity contribution in [3.8, 4) is 0 Å². The summed E-state index contributed by atoms with van der Waals surface area (Å²) in [6, 6.07) is 0. The van der Waals surface area contributed by atoms with Gasteiger partial charge in [0.1, 0.15) is 0 Å². The van der Waals surface area contributed by atoms with Crippen LogP contribution in [-0.4, -0.2) is 20.4 Å². The Balaban J connectivity index is 0. The number of rotatable bonds is 3. The van der Waals surface area contributed by atoms with Crippen LogP contribution in [-0.2, 0) is 11.1 Å². The third-order valence-corrected chi connectivity index (χ3v) is 1.25. The van der Waals surface area contributed by atoms with Gasteiger partial charge < -0.3 is 4.55 Å². The van der Waals surface area contributed by atoms with Crippen molar-refractivity contribution in [3.63, 3.8) is 0 Å². The first-order chi connectivity index (χ1) is 3.92. The van der Waals surface area contributed by atoms with Crippen molar-refractivity contribution in [1.82, 2.24) is 0 Å². The minimum atomic E-state index is -2.86. The molecule has 0 fully saturated rings.